The molecule has 9 saturated heterocycles. The van der Waals surface area contributed by atoms with E-state index in [0.717, 1.165) is 24.9 Å². The van der Waals surface area contributed by atoms with Crippen molar-refractivity contribution in [1.82, 2.24) is 114 Å². The molecule has 133 heavy (non-hydrogen) atoms. The van der Waals surface area contributed by atoms with Gasteiger partial charge in [-0.15, -0.1) is 15.3 Å². The van der Waals surface area contributed by atoms with Crippen molar-refractivity contribution in [2.45, 2.75) is 148 Å². The summed E-state index contributed by atoms with van der Waals surface area (Å²) in [5.41, 5.74) is 34.0. The van der Waals surface area contributed by atoms with Crippen molar-refractivity contribution in [3.8, 4) is 0 Å². The molecule has 6 unspecified atom stereocenters. The molecule has 9 aliphatic heterocycles. The van der Waals surface area contributed by atoms with Crippen LogP contribution in [0.4, 0.5) is 52.5 Å². The molecule has 0 radical (unpaired) electrons. The number of nitrogens with two attached hydrogens (primary N) is 6. The standard InChI is InChI=1S/2C21H24FN9O10P2S.C19H21F2N11O10P2S/c22-13-15-12(39-20(13)30-4-2-9-10(23)1-3-25-16(9)30)7-37-43(35,44)40-11-5-8(6-36-42(33,34)41-15)38-19(11)31-17-14(28-29-31)18(32)27-21(24)26-17;22-14-13-6-36-42(33,34)40-11-3-10(9-4-25-17-8(23)1-2-27-31(9)17)38-12(11)5-37-43(35,44)41-16(14)20(39-13)30-7-26-15-18(30)28-21(24)29-19(15)32;20-8-6-3-37-43(34,35)41-12-7(40-17(9(12)21)31-14-10(27-29-31)5(22)1-2-24-14)4-38-44(36,45)42-13(8)18(39-6)32-15-11(28-30-32)16(33)26-19(23)25-15/h1-4,8,11-13,15,19-20H,5-7H2,(H2,23,25)(H,33,34)(H,35,44)(H3,24,26,27,32);1-2,4,7,10-14,16,20H,3,5-6,23H2,(H,33,34)(H,35,44)(H3,24,28,29,32);1-2,6-9,12-13,17-18H,3-4H2,(H2,22,24)(H,34,35)(H,36,45)(H3,23,25,26,33)/t8-,11+,12+,13-,15+,19+,20+,43?;10-,11+,12-,13-,14-,16-,20-,43?;6-,7-,8+,9+,12-,13-,17-,18-,44?/m011/s1. The highest BCUT2D eigenvalue weighted by atomic mass is 32.5. The van der Waals surface area contributed by atoms with Gasteiger partial charge in [-0.05, 0) is 59.7 Å². The predicted octanol–water partition coefficient (Wildman–Crippen LogP) is -0.263. The Kier molecular flexibility index (Phi) is 24.8. The number of anilines is 6. The smallest absolute Gasteiger partial charge is 0.398 e. The Morgan fingerprint density at radius 3 is 1.52 bits per heavy atom. The Morgan fingerprint density at radius 1 is 0.406 bits per heavy atom. The van der Waals surface area contributed by atoms with Crippen LogP contribution in [0.3, 0.4) is 0 Å². The van der Waals surface area contributed by atoms with Crippen LogP contribution in [0.15, 0.2) is 76.0 Å². The molecule has 9 fully saturated rings. The number of rotatable bonds is 6. The van der Waals surface area contributed by atoms with Crippen LogP contribution in [0, 0.1) is 0 Å². The van der Waals surface area contributed by atoms with Crippen molar-refractivity contribution in [3.05, 3.63) is 98.3 Å². The van der Waals surface area contributed by atoms with E-state index in [1.807, 2.05) is 0 Å². The van der Waals surface area contributed by atoms with Crippen LogP contribution in [-0.4, -0.2) is 281 Å². The number of aromatic nitrogens is 23. The van der Waals surface area contributed by atoms with Crippen LogP contribution < -0.4 is 51.1 Å². The zero-order valence-corrected chi connectivity index (χ0v) is 74.3. The minimum Gasteiger partial charge on any atom is -0.398 e. The number of pyridine rings is 2. The van der Waals surface area contributed by atoms with E-state index in [4.69, 9.17) is 153 Å². The van der Waals surface area contributed by atoms with E-state index in [2.05, 4.69) is 85.9 Å². The Morgan fingerprint density at radius 2 is 0.895 bits per heavy atom. The summed E-state index contributed by atoms with van der Waals surface area (Å²) in [5.74, 6) is -0.798. The Hall–Kier alpha value is -9.03. The van der Waals surface area contributed by atoms with Gasteiger partial charge in [-0.25, -0.2) is 55.7 Å². The number of phosphoric ester groups is 3. The van der Waals surface area contributed by atoms with Gasteiger partial charge in [0.1, 0.15) is 78.9 Å². The van der Waals surface area contributed by atoms with Gasteiger partial charge in [0, 0.05) is 42.5 Å². The number of aromatic amines is 3. The molecular weight excluding hydrogens is 1980 g/mol. The number of nitrogen functional groups attached to an aromatic ring is 6. The van der Waals surface area contributed by atoms with E-state index < -0.39 is 235 Å². The van der Waals surface area contributed by atoms with E-state index >= 15 is 17.6 Å². The highest BCUT2D eigenvalue weighted by molar-refractivity contribution is 8.07. The van der Waals surface area contributed by atoms with E-state index in [9.17, 15) is 57.4 Å². The largest absolute Gasteiger partial charge is 0.472 e. The lowest BCUT2D eigenvalue weighted by Crippen LogP contribution is -2.34. The first-order valence-electron chi connectivity index (χ1n) is 38.7. The number of nitrogens with one attached hydrogen (secondary N) is 3. The number of ether oxygens (including phenoxy) is 6. The molecule has 0 aromatic carbocycles. The number of H-pyrrole nitrogens is 3. The first kappa shape index (κ1) is 93.0. The third kappa shape index (κ3) is 18.4. The summed E-state index contributed by atoms with van der Waals surface area (Å²) in [6, 6.07) is 6.22. The summed E-state index contributed by atoms with van der Waals surface area (Å²) < 4.78 is 209. The average molecular weight is 2050 g/mol. The molecule has 9 aliphatic rings. The molecule has 21 N–H and O–H groups in total. The second kappa shape index (κ2) is 35.5. The number of imidazole rings is 2. The molecule has 12 aromatic rings. The Bertz CT molecular complexity index is 7060. The van der Waals surface area contributed by atoms with Gasteiger partial charge in [0.25, 0.3) is 16.7 Å². The summed E-state index contributed by atoms with van der Waals surface area (Å²) in [5, 5.41) is 27.7. The van der Waals surface area contributed by atoms with Crippen LogP contribution in [0.1, 0.15) is 55.8 Å². The summed E-state index contributed by atoms with van der Waals surface area (Å²) in [6.07, 6.45) is -25.7. The lowest BCUT2D eigenvalue weighted by atomic mass is 10.1. The fourth-order valence-corrected chi connectivity index (χ4v) is 22.9. The third-order valence-corrected chi connectivity index (χ3v) is 29.3. The maximum absolute atomic E-state index is 15.9. The van der Waals surface area contributed by atoms with Crippen LogP contribution in [0.2, 0.25) is 0 Å². The minimum absolute atomic E-state index is 0.0146. The molecule has 72 heteroatoms. The quantitative estimate of drug-likeness (QED) is 0.0753. The van der Waals surface area contributed by atoms with Gasteiger partial charge in [0.15, 0.2) is 106 Å². The van der Waals surface area contributed by atoms with Gasteiger partial charge in [-0.3, -0.25) is 70.1 Å². The first-order valence-corrected chi connectivity index (χ1v) is 51.0. The van der Waals surface area contributed by atoms with Gasteiger partial charge in [0.2, 0.25) is 17.8 Å². The Labute approximate surface area is 749 Å². The van der Waals surface area contributed by atoms with E-state index in [1.54, 1.807) is 18.2 Å². The Balaban J connectivity index is 0.000000129. The monoisotopic (exact) mass is 2050 g/mol. The molecule has 0 spiro atoms. The summed E-state index contributed by atoms with van der Waals surface area (Å²) >= 11 is 15.5. The highest BCUT2D eigenvalue weighted by Gasteiger charge is 2.58. The number of phosphoric acid groups is 3. The molecule has 6 bridgehead atoms. The van der Waals surface area contributed by atoms with Gasteiger partial charge in [-0.1, -0.05) is 15.6 Å². The van der Waals surface area contributed by atoms with Crippen LogP contribution in [-0.2, 0) is 132 Å². The average Bonchev–Trinajstić information content (AvgIpc) is 1.60. The van der Waals surface area contributed by atoms with E-state index in [1.165, 1.54) is 46.1 Å². The van der Waals surface area contributed by atoms with Crippen molar-refractivity contribution in [2.75, 3.05) is 74.0 Å². The molecule has 0 amide bonds. The van der Waals surface area contributed by atoms with Crippen molar-refractivity contribution >= 4 is 175 Å². The van der Waals surface area contributed by atoms with E-state index in [0.29, 0.717) is 33.7 Å². The molecule has 21 heterocycles. The number of fused-ring (bicyclic) bond motifs is 15. The first-order chi connectivity index (χ1) is 63.1. The highest BCUT2D eigenvalue weighted by Crippen LogP contribution is 2.59. The van der Waals surface area contributed by atoms with Crippen LogP contribution >= 0.6 is 43.6 Å². The summed E-state index contributed by atoms with van der Waals surface area (Å²) in [4.78, 5) is 137. The molecule has 714 valence electrons. The van der Waals surface area contributed by atoms with E-state index in [-0.39, 0.29) is 81.0 Å². The summed E-state index contributed by atoms with van der Waals surface area (Å²) in [7, 11) is -15.0. The lowest BCUT2D eigenvalue weighted by Gasteiger charge is -2.27. The molecule has 21 rings (SSSR count). The molecule has 28 atom stereocenters. The predicted molar refractivity (Wildman–Crippen MR) is 444 cm³/mol. The molecular formula is C61H69F4N29O30P6S3. The maximum Gasteiger partial charge on any atom is 0.472 e. The fourth-order valence-electron chi connectivity index (χ4n) is 15.7. The van der Waals surface area contributed by atoms with Crippen molar-refractivity contribution in [2.24, 2.45) is 0 Å². The second-order valence-electron chi connectivity index (χ2n) is 30.2. The van der Waals surface area contributed by atoms with Gasteiger partial charge in [-0.2, -0.15) is 34.1 Å². The summed E-state index contributed by atoms with van der Waals surface area (Å²) in [6.45, 7) is -16.9. The SMILES string of the molecule is Nc1nc2c(ncn2[C@@H]2O[C@@H]3COP(=O)(O)O[C@H]4C[C@H](c5cnc6c(N)ccnn56)O[C@@H]4COP(O)(=S)O[C@@H]2[C@@H]3F)c(=O)[nH]1.Nc1nc2c(nnn2[C@@H]2O[C@@H]3COP(=O)(O)O[C@H]4[C@H](F)[C@H](n5ccc6c(N)ccnc65)O[C@@H]4COP(O)(=S)O[C@@H]2C3)c(=O)[nH]1.Nc1nc2c(nnn2[C@@H]2O[C@@H]3COP(=O)(O)O[C@H]4[C@H](F)[C@H](n5nnc6c(N)ccnc65)O[C@@H]4COP(O)(=S)O[C@@H]2[C@H]3F)c(=O)[nH]1. The lowest BCUT2D eigenvalue weighted by molar-refractivity contribution is -0.0680. The number of alkyl halides is 4. The van der Waals surface area contributed by atoms with Crippen molar-refractivity contribution in [3.63, 3.8) is 0 Å². The second-order valence-corrected chi connectivity index (χ2v) is 42.8. The van der Waals surface area contributed by atoms with Crippen LogP contribution in [0.5, 0.6) is 0 Å². The zero-order valence-electron chi connectivity index (χ0n) is 66.4. The van der Waals surface area contributed by atoms with Gasteiger partial charge < -0.3 is 115 Å². The minimum atomic E-state index is -5.17. The number of nitrogens with zero attached hydrogens (tertiary/aromatic N) is 20. The molecule has 0 saturated carbocycles. The maximum atomic E-state index is 15.9. The van der Waals surface area contributed by atoms with Crippen LogP contribution in [0.25, 0.3) is 61.3 Å². The van der Waals surface area contributed by atoms with Crippen molar-refractivity contribution < 1.29 is 143 Å². The zero-order chi connectivity index (χ0) is 93.8. The molecule has 0 aliphatic carbocycles. The number of halogens is 4. The molecule has 59 nitrogen and oxygen atoms in total. The van der Waals surface area contributed by atoms with Gasteiger partial charge >= 0.3 is 43.6 Å². The third-order valence-electron chi connectivity index (χ3n) is 21.7. The number of hydrogen-bond donors (Lipinski definition) is 15. The normalized spacial score (nSPS) is 36.9. The van der Waals surface area contributed by atoms with Gasteiger partial charge in [0.05, 0.1) is 81.5 Å². The topological polar surface area (TPSA) is 803 Å². The number of hydrogen-bond acceptors (Lipinski definition) is 47. The van der Waals surface area contributed by atoms with Crippen molar-refractivity contribution in [1.29, 1.82) is 0 Å². The molecule has 12 aromatic heterocycles. The fraction of sp³-hybridized carbons (Fsp3) is 0.492.